The third-order valence-corrected chi connectivity index (χ3v) is 2.66. The summed E-state index contributed by atoms with van der Waals surface area (Å²) in [7, 11) is 2.84. The Kier molecular flexibility index (Phi) is 6.12. The van der Waals surface area contributed by atoms with Crippen molar-refractivity contribution in [3.8, 4) is 0 Å². The number of ether oxygens (including phenoxy) is 2. The van der Waals surface area contributed by atoms with E-state index in [9.17, 15) is 23.7 Å². The van der Waals surface area contributed by atoms with Gasteiger partial charge < -0.3 is 14.8 Å². The Labute approximate surface area is 119 Å². The summed E-state index contributed by atoms with van der Waals surface area (Å²) in [5.41, 5.74) is -1.38. The minimum atomic E-state index is -1.40. The van der Waals surface area contributed by atoms with Gasteiger partial charge in [0.2, 0.25) is 0 Å². The van der Waals surface area contributed by atoms with E-state index >= 15 is 0 Å². The number of nitrogens with one attached hydrogen (secondary N) is 1. The molecule has 0 saturated carbocycles. The number of methoxy groups -OCH3 is 2. The monoisotopic (exact) mass is 304 g/mol. The first-order valence-corrected chi connectivity index (χ1v) is 5.84. The molecule has 1 aromatic rings. The summed E-state index contributed by atoms with van der Waals surface area (Å²) in [5.74, 6) is -3.64. The molecule has 0 heterocycles. The highest BCUT2D eigenvalue weighted by molar-refractivity contribution is 5.98. The minimum Gasteiger partial charge on any atom is -0.382 e. The standard InChI is InChI=1S/C12H14F2N2O5/c1-20-6-7(21-2)5-15-12(17)8-3-9(13)10(14)4-11(8)16(18)19/h3-4,7H,5-6H2,1-2H3,(H,15,17). The van der Waals surface area contributed by atoms with Gasteiger partial charge in [-0.1, -0.05) is 0 Å². The topological polar surface area (TPSA) is 90.7 Å². The Balaban J connectivity index is 2.91. The van der Waals surface area contributed by atoms with E-state index in [1.54, 1.807) is 0 Å². The van der Waals surface area contributed by atoms with Gasteiger partial charge in [-0.05, 0) is 6.07 Å². The number of amides is 1. The smallest absolute Gasteiger partial charge is 0.285 e. The molecule has 116 valence electrons. The van der Waals surface area contributed by atoms with Crippen molar-refractivity contribution >= 4 is 11.6 Å². The van der Waals surface area contributed by atoms with Crippen molar-refractivity contribution in [2.45, 2.75) is 6.10 Å². The van der Waals surface area contributed by atoms with Gasteiger partial charge in [0.1, 0.15) is 5.56 Å². The van der Waals surface area contributed by atoms with Crippen LogP contribution in [0.25, 0.3) is 0 Å². The quantitative estimate of drug-likeness (QED) is 0.605. The summed E-state index contributed by atoms with van der Waals surface area (Å²) in [6.45, 7) is 0.190. The molecular weight excluding hydrogens is 290 g/mol. The summed E-state index contributed by atoms with van der Waals surface area (Å²) < 4.78 is 36.0. The average Bonchev–Trinajstić information content (AvgIpc) is 2.45. The Bertz CT molecular complexity index is 539. The van der Waals surface area contributed by atoms with E-state index in [1.165, 1.54) is 14.2 Å². The molecular formula is C12H14F2N2O5. The van der Waals surface area contributed by atoms with Crippen molar-refractivity contribution in [1.29, 1.82) is 0 Å². The first-order valence-electron chi connectivity index (χ1n) is 5.84. The number of carbonyl (C=O) groups is 1. The van der Waals surface area contributed by atoms with Gasteiger partial charge in [0.15, 0.2) is 11.6 Å². The van der Waals surface area contributed by atoms with Gasteiger partial charge in [0, 0.05) is 20.8 Å². The minimum absolute atomic E-state index is 0.000672. The molecule has 1 rings (SSSR count). The zero-order valence-electron chi connectivity index (χ0n) is 11.4. The van der Waals surface area contributed by atoms with Crippen molar-refractivity contribution in [1.82, 2.24) is 5.32 Å². The molecule has 1 N–H and O–H groups in total. The van der Waals surface area contributed by atoms with Crippen molar-refractivity contribution < 1.29 is 28.0 Å². The van der Waals surface area contributed by atoms with Gasteiger partial charge in [0.25, 0.3) is 11.6 Å². The zero-order valence-corrected chi connectivity index (χ0v) is 11.4. The van der Waals surface area contributed by atoms with Crippen LogP contribution in [0, 0.1) is 21.7 Å². The van der Waals surface area contributed by atoms with Gasteiger partial charge in [-0.3, -0.25) is 14.9 Å². The van der Waals surface area contributed by atoms with Crippen LogP contribution >= 0.6 is 0 Å². The fourth-order valence-electron chi connectivity index (χ4n) is 1.57. The zero-order chi connectivity index (χ0) is 16.0. The molecule has 1 aromatic carbocycles. The second-order valence-electron chi connectivity index (χ2n) is 4.06. The lowest BCUT2D eigenvalue weighted by molar-refractivity contribution is -0.385. The Hall–Kier alpha value is -2.13. The normalized spacial score (nSPS) is 12.0. The van der Waals surface area contributed by atoms with Crippen molar-refractivity contribution in [2.75, 3.05) is 27.4 Å². The van der Waals surface area contributed by atoms with Crippen LogP contribution in [-0.4, -0.2) is 44.3 Å². The second kappa shape index (κ2) is 7.60. The summed E-state index contributed by atoms with van der Waals surface area (Å²) in [6, 6.07) is 0.855. The second-order valence-corrected chi connectivity index (χ2v) is 4.06. The largest absolute Gasteiger partial charge is 0.382 e. The maximum atomic E-state index is 13.1. The number of halogens is 2. The van der Waals surface area contributed by atoms with Crippen molar-refractivity contribution in [2.24, 2.45) is 0 Å². The van der Waals surface area contributed by atoms with Gasteiger partial charge in [-0.15, -0.1) is 0 Å². The van der Waals surface area contributed by atoms with Gasteiger partial charge in [-0.25, -0.2) is 8.78 Å². The molecule has 7 nitrogen and oxygen atoms in total. The lowest BCUT2D eigenvalue weighted by atomic mass is 10.1. The summed E-state index contributed by atoms with van der Waals surface area (Å²) >= 11 is 0. The highest BCUT2D eigenvalue weighted by Crippen LogP contribution is 2.22. The molecule has 0 aliphatic heterocycles. The molecule has 0 aromatic heterocycles. The molecule has 0 aliphatic carbocycles. The Morgan fingerprint density at radius 2 is 2.00 bits per heavy atom. The van der Waals surface area contributed by atoms with E-state index in [2.05, 4.69) is 5.32 Å². The summed E-state index contributed by atoms with van der Waals surface area (Å²) in [5, 5.41) is 13.1. The maximum Gasteiger partial charge on any atom is 0.285 e. The molecule has 1 amide bonds. The summed E-state index contributed by atoms with van der Waals surface area (Å²) in [6.07, 6.45) is -0.469. The fraction of sp³-hybridized carbons (Fsp3) is 0.417. The van der Waals surface area contributed by atoms with E-state index in [1.807, 2.05) is 0 Å². The SMILES string of the molecule is COCC(CNC(=O)c1cc(F)c(F)cc1[N+](=O)[O-])OC. The predicted molar refractivity (Wildman–Crippen MR) is 68.0 cm³/mol. The maximum absolute atomic E-state index is 13.1. The first-order chi connectivity index (χ1) is 9.90. The number of benzene rings is 1. The van der Waals surface area contributed by atoms with Crippen molar-refractivity contribution in [3.05, 3.63) is 39.4 Å². The number of hydrogen-bond donors (Lipinski definition) is 1. The highest BCUT2D eigenvalue weighted by atomic mass is 19.2. The van der Waals surface area contributed by atoms with E-state index in [4.69, 9.17) is 9.47 Å². The molecule has 0 saturated heterocycles. The fourth-order valence-corrected chi connectivity index (χ4v) is 1.57. The van der Waals surface area contributed by atoms with Gasteiger partial charge >= 0.3 is 0 Å². The Morgan fingerprint density at radius 3 is 2.52 bits per heavy atom. The number of hydrogen-bond acceptors (Lipinski definition) is 5. The molecule has 0 radical (unpaired) electrons. The average molecular weight is 304 g/mol. The number of rotatable bonds is 7. The van der Waals surface area contributed by atoms with Crippen LogP contribution in [0.4, 0.5) is 14.5 Å². The highest BCUT2D eigenvalue weighted by Gasteiger charge is 2.24. The van der Waals surface area contributed by atoms with Crippen LogP contribution in [0.15, 0.2) is 12.1 Å². The van der Waals surface area contributed by atoms with Gasteiger partial charge in [-0.2, -0.15) is 0 Å². The third-order valence-electron chi connectivity index (χ3n) is 2.66. The lowest BCUT2D eigenvalue weighted by Crippen LogP contribution is -2.35. The third kappa shape index (κ3) is 4.43. The number of nitro benzene ring substituents is 1. The van der Waals surface area contributed by atoms with Crippen LogP contribution in [0.2, 0.25) is 0 Å². The first kappa shape index (κ1) is 16.9. The molecule has 1 atom stereocenters. The van der Waals surface area contributed by atoms with E-state index in [0.717, 1.165) is 0 Å². The van der Waals surface area contributed by atoms with Crippen LogP contribution < -0.4 is 5.32 Å². The van der Waals surface area contributed by atoms with E-state index in [0.29, 0.717) is 12.1 Å². The Morgan fingerprint density at radius 1 is 1.38 bits per heavy atom. The molecule has 0 fully saturated rings. The van der Waals surface area contributed by atoms with E-state index < -0.39 is 39.8 Å². The van der Waals surface area contributed by atoms with Crippen LogP contribution in [0.3, 0.4) is 0 Å². The molecule has 1 unspecified atom stereocenters. The predicted octanol–water partition coefficient (Wildman–Crippen LogP) is 1.26. The molecule has 0 aliphatic rings. The van der Waals surface area contributed by atoms with Gasteiger partial charge in [0.05, 0.1) is 23.7 Å². The molecule has 0 bridgehead atoms. The molecule has 21 heavy (non-hydrogen) atoms. The molecule has 9 heteroatoms. The molecule has 0 spiro atoms. The van der Waals surface area contributed by atoms with E-state index in [-0.39, 0.29) is 13.2 Å². The lowest BCUT2D eigenvalue weighted by Gasteiger charge is -2.15. The van der Waals surface area contributed by atoms with Crippen molar-refractivity contribution in [3.63, 3.8) is 0 Å². The number of nitrogens with zero attached hydrogens (tertiary/aromatic N) is 1. The number of carbonyl (C=O) groups excluding carboxylic acids is 1. The number of nitro groups is 1. The van der Waals surface area contributed by atoms with Crippen LogP contribution in [0.1, 0.15) is 10.4 Å². The summed E-state index contributed by atoms with van der Waals surface area (Å²) in [4.78, 5) is 21.7. The van der Waals surface area contributed by atoms with Crippen LogP contribution in [-0.2, 0) is 9.47 Å². The van der Waals surface area contributed by atoms with Crippen LogP contribution in [0.5, 0.6) is 0 Å².